The standard InChI is InChI=1S/C16H27N3O/c1-3-5-12-19(13-14-8-7-11-17-14)15-9-6-10-16(18-15)20-4-2/h6,9-10,14,17H,3-5,7-8,11-13H2,1-2H3. The quantitative estimate of drug-likeness (QED) is 0.793. The van der Waals surface area contributed by atoms with Crippen molar-refractivity contribution in [1.29, 1.82) is 0 Å². The van der Waals surface area contributed by atoms with Crippen LogP contribution in [0.4, 0.5) is 5.82 Å². The number of hydrogen-bond donors (Lipinski definition) is 1. The maximum absolute atomic E-state index is 5.52. The number of nitrogens with zero attached hydrogens (tertiary/aromatic N) is 2. The van der Waals surface area contributed by atoms with E-state index in [0.29, 0.717) is 12.6 Å². The second-order valence-corrected chi connectivity index (χ2v) is 5.36. The molecule has 0 amide bonds. The summed E-state index contributed by atoms with van der Waals surface area (Å²) in [5.41, 5.74) is 0. The first-order chi connectivity index (χ1) is 9.83. The van der Waals surface area contributed by atoms with Crippen molar-refractivity contribution in [2.45, 2.75) is 45.6 Å². The van der Waals surface area contributed by atoms with Gasteiger partial charge in [0.05, 0.1) is 6.61 Å². The van der Waals surface area contributed by atoms with Gasteiger partial charge in [-0.1, -0.05) is 19.4 Å². The summed E-state index contributed by atoms with van der Waals surface area (Å²) >= 11 is 0. The van der Waals surface area contributed by atoms with Gasteiger partial charge >= 0.3 is 0 Å². The summed E-state index contributed by atoms with van der Waals surface area (Å²) in [6.07, 6.45) is 4.97. The molecule has 1 N–H and O–H groups in total. The molecule has 1 fully saturated rings. The van der Waals surface area contributed by atoms with Crippen LogP contribution in [0.25, 0.3) is 0 Å². The van der Waals surface area contributed by atoms with Gasteiger partial charge in [0.1, 0.15) is 5.82 Å². The Morgan fingerprint density at radius 2 is 2.30 bits per heavy atom. The molecule has 0 bridgehead atoms. The molecule has 1 unspecified atom stereocenters. The van der Waals surface area contributed by atoms with Gasteiger partial charge in [0.2, 0.25) is 5.88 Å². The first-order valence-corrected chi connectivity index (χ1v) is 7.91. The fourth-order valence-corrected chi connectivity index (χ4v) is 2.64. The number of nitrogens with one attached hydrogen (secondary N) is 1. The summed E-state index contributed by atoms with van der Waals surface area (Å²) in [6.45, 7) is 8.15. The zero-order valence-electron chi connectivity index (χ0n) is 12.8. The zero-order valence-corrected chi connectivity index (χ0v) is 12.8. The minimum atomic E-state index is 0.601. The van der Waals surface area contributed by atoms with Gasteiger partial charge in [0.25, 0.3) is 0 Å². The topological polar surface area (TPSA) is 37.4 Å². The van der Waals surface area contributed by atoms with Gasteiger partial charge in [0.15, 0.2) is 0 Å². The van der Waals surface area contributed by atoms with Crippen LogP contribution in [0.3, 0.4) is 0 Å². The van der Waals surface area contributed by atoms with Crippen LogP contribution in [-0.2, 0) is 0 Å². The highest BCUT2D eigenvalue weighted by Crippen LogP contribution is 2.18. The van der Waals surface area contributed by atoms with Gasteiger partial charge in [0, 0.05) is 25.2 Å². The second-order valence-electron chi connectivity index (χ2n) is 5.36. The number of rotatable bonds is 8. The highest BCUT2D eigenvalue weighted by molar-refractivity contribution is 5.41. The first-order valence-electron chi connectivity index (χ1n) is 7.91. The summed E-state index contributed by atoms with van der Waals surface area (Å²) in [5.74, 6) is 1.77. The van der Waals surface area contributed by atoms with E-state index in [1.54, 1.807) is 0 Å². The van der Waals surface area contributed by atoms with Gasteiger partial charge in [-0.15, -0.1) is 0 Å². The number of pyridine rings is 1. The Hall–Kier alpha value is -1.29. The van der Waals surface area contributed by atoms with Crippen molar-refractivity contribution in [1.82, 2.24) is 10.3 Å². The number of aromatic nitrogens is 1. The number of anilines is 1. The molecule has 0 radical (unpaired) electrons. The van der Waals surface area contributed by atoms with E-state index in [9.17, 15) is 0 Å². The minimum Gasteiger partial charge on any atom is -0.478 e. The van der Waals surface area contributed by atoms with Gasteiger partial charge < -0.3 is 15.0 Å². The fraction of sp³-hybridized carbons (Fsp3) is 0.688. The molecule has 1 aliphatic heterocycles. The Kier molecular flexibility index (Phi) is 6.12. The Morgan fingerprint density at radius 1 is 1.40 bits per heavy atom. The van der Waals surface area contributed by atoms with Gasteiger partial charge in [-0.2, -0.15) is 4.98 Å². The van der Waals surface area contributed by atoms with Crippen LogP contribution in [0.5, 0.6) is 5.88 Å². The lowest BCUT2D eigenvalue weighted by molar-refractivity contribution is 0.327. The summed E-state index contributed by atoms with van der Waals surface area (Å²) in [7, 11) is 0. The molecule has 0 spiro atoms. The number of hydrogen-bond acceptors (Lipinski definition) is 4. The number of ether oxygens (including phenoxy) is 1. The van der Waals surface area contributed by atoms with Crippen LogP contribution in [-0.4, -0.2) is 37.3 Å². The molecule has 112 valence electrons. The summed E-state index contributed by atoms with van der Waals surface area (Å²) in [6, 6.07) is 6.66. The maximum atomic E-state index is 5.52. The first kappa shape index (κ1) is 15.1. The molecular formula is C16H27N3O. The van der Waals surface area contributed by atoms with Gasteiger partial charge in [-0.3, -0.25) is 0 Å². The maximum Gasteiger partial charge on any atom is 0.215 e. The van der Waals surface area contributed by atoms with Crippen LogP contribution in [0.15, 0.2) is 18.2 Å². The zero-order chi connectivity index (χ0) is 14.2. The summed E-state index contributed by atoms with van der Waals surface area (Å²) < 4.78 is 5.52. The number of unbranched alkanes of at least 4 members (excludes halogenated alkanes) is 1. The van der Waals surface area contributed by atoms with Crippen LogP contribution >= 0.6 is 0 Å². The molecule has 0 saturated carbocycles. The van der Waals surface area contributed by atoms with Crippen LogP contribution in [0, 0.1) is 0 Å². The largest absolute Gasteiger partial charge is 0.478 e. The van der Waals surface area contributed by atoms with Crippen LogP contribution in [0.2, 0.25) is 0 Å². The van der Waals surface area contributed by atoms with E-state index in [2.05, 4.69) is 28.2 Å². The van der Waals surface area contributed by atoms with Crippen molar-refractivity contribution in [2.24, 2.45) is 0 Å². The average molecular weight is 277 g/mol. The third kappa shape index (κ3) is 4.37. The molecule has 4 nitrogen and oxygen atoms in total. The SMILES string of the molecule is CCCCN(CC1CCCN1)c1cccc(OCC)n1. The van der Waals surface area contributed by atoms with Crippen molar-refractivity contribution in [2.75, 3.05) is 31.1 Å². The predicted molar refractivity (Wildman–Crippen MR) is 83.6 cm³/mol. The summed E-state index contributed by atoms with van der Waals surface area (Å²) in [5, 5.41) is 3.57. The van der Waals surface area contributed by atoms with E-state index in [0.717, 1.165) is 31.3 Å². The molecule has 4 heteroatoms. The Balaban J connectivity index is 2.05. The molecule has 20 heavy (non-hydrogen) atoms. The van der Waals surface area contributed by atoms with E-state index in [-0.39, 0.29) is 0 Å². The highest BCUT2D eigenvalue weighted by atomic mass is 16.5. The van der Waals surface area contributed by atoms with Crippen molar-refractivity contribution in [3.8, 4) is 5.88 Å². The summed E-state index contributed by atoms with van der Waals surface area (Å²) in [4.78, 5) is 7.03. The van der Waals surface area contributed by atoms with Gasteiger partial charge in [-0.05, 0) is 38.8 Å². The molecule has 2 rings (SSSR count). The molecule has 1 atom stereocenters. The average Bonchev–Trinajstić information content (AvgIpc) is 2.97. The van der Waals surface area contributed by atoms with Gasteiger partial charge in [-0.25, -0.2) is 0 Å². The van der Waals surface area contributed by atoms with E-state index >= 15 is 0 Å². The molecular weight excluding hydrogens is 250 g/mol. The van der Waals surface area contributed by atoms with Crippen molar-refractivity contribution >= 4 is 5.82 Å². The lowest BCUT2D eigenvalue weighted by Crippen LogP contribution is -2.38. The third-order valence-corrected chi connectivity index (χ3v) is 3.71. The third-order valence-electron chi connectivity index (χ3n) is 3.71. The highest BCUT2D eigenvalue weighted by Gasteiger charge is 2.18. The van der Waals surface area contributed by atoms with Crippen molar-refractivity contribution < 1.29 is 4.74 Å². The normalized spacial score (nSPS) is 18.2. The van der Waals surface area contributed by atoms with E-state index < -0.39 is 0 Å². The lowest BCUT2D eigenvalue weighted by Gasteiger charge is -2.27. The Bertz CT molecular complexity index is 391. The Morgan fingerprint density at radius 3 is 3.00 bits per heavy atom. The molecule has 2 heterocycles. The second kappa shape index (κ2) is 8.10. The lowest BCUT2D eigenvalue weighted by atomic mass is 10.2. The Labute approximate surface area is 122 Å². The molecule has 1 saturated heterocycles. The van der Waals surface area contributed by atoms with Crippen LogP contribution in [0.1, 0.15) is 39.5 Å². The van der Waals surface area contributed by atoms with Crippen molar-refractivity contribution in [3.63, 3.8) is 0 Å². The van der Waals surface area contributed by atoms with E-state index in [1.807, 2.05) is 19.1 Å². The molecule has 1 aromatic rings. The van der Waals surface area contributed by atoms with Crippen molar-refractivity contribution in [3.05, 3.63) is 18.2 Å². The smallest absolute Gasteiger partial charge is 0.215 e. The van der Waals surface area contributed by atoms with Crippen LogP contribution < -0.4 is 15.0 Å². The van der Waals surface area contributed by atoms with E-state index in [1.165, 1.54) is 25.7 Å². The fourth-order valence-electron chi connectivity index (χ4n) is 2.64. The molecule has 1 aliphatic rings. The molecule has 1 aromatic heterocycles. The van der Waals surface area contributed by atoms with E-state index in [4.69, 9.17) is 4.74 Å². The predicted octanol–water partition coefficient (Wildman–Crippen LogP) is 2.84. The minimum absolute atomic E-state index is 0.601. The monoisotopic (exact) mass is 277 g/mol. The molecule has 0 aromatic carbocycles. The molecule has 0 aliphatic carbocycles.